The molecule has 0 aliphatic rings. The van der Waals surface area contributed by atoms with Crippen LogP contribution in [0.3, 0.4) is 0 Å². The number of anilines is 1. The van der Waals surface area contributed by atoms with Crippen molar-refractivity contribution in [1.29, 1.82) is 0 Å². The summed E-state index contributed by atoms with van der Waals surface area (Å²) in [6, 6.07) is 0. The predicted molar refractivity (Wildman–Crippen MR) is 55.9 cm³/mol. The van der Waals surface area contributed by atoms with E-state index >= 15 is 0 Å². The second-order valence-electron chi connectivity index (χ2n) is 2.52. The molecule has 0 fully saturated rings. The highest BCUT2D eigenvalue weighted by Gasteiger charge is 2.02. The van der Waals surface area contributed by atoms with Crippen LogP contribution in [0.25, 0.3) is 0 Å². The van der Waals surface area contributed by atoms with Gasteiger partial charge in [0.2, 0.25) is 0 Å². The fraction of sp³-hybridized carbons (Fsp3) is 0.714. The Balaban J connectivity index is 2.02. The number of nitrogens with zero attached hydrogens (tertiary/aromatic N) is 2. The molecule has 1 aromatic rings. The Hall–Kier alpha value is -0.430. The van der Waals surface area contributed by atoms with Gasteiger partial charge < -0.3 is 15.2 Å². The van der Waals surface area contributed by atoms with Crippen molar-refractivity contribution in [3.63, 3.8) is 0 Å². The Kier molecular flexibility index (Phi) is 5.77. The predicted octanol–water partition coefficient (Wildman–Crippen LogP) is 1.00. The Bertz CT molecular complexity index is 259. The molecule has 0 bridgehead atoms. The molecule has 1 heterocycles. The highest BCUT2D eigenvalue weighted by Crippen LogP contribution is 2.17. The summed E-state index contributed by atoms with van der Waals surface area (Å²) in [5, 5.41) is 11.9. The first-order chi connectivity index (χ1) is 6.84. The van der Waals surface area contributed by atoms with Crippen LogP contribution < -0.4 is 5.32 Å². The average Bonchev–Trinajstić information content (AvgIpc) is 2.58. The minimum atomic E-state index is 0.0647. The van der Waals surface area contributed by atoms with Gasteiger partial charge >= 0.3 is 0 Å². The standard InChI is InChI=1S/C7H12ClN3O2S/c8-6-7(11-14-10-6)9-2-1-4-13-5-3-12/h12H,1-5H2,(H,9,11). The van der Waals surface area contributed by atoms with Gasteiger partial charge in [-0.1, -0.05) is 11.6 Å². The van der Waals surface area contributed by atoms with Crippen molar-refractivity contribution in [1.82, 2.24) is 8.75 Å². The molecule has 0 spiro atoms. The van der Waals surface area contributed by atoms with E-state index < -0.39 is 0 Å². The van der Waals surface area contributed by atoms with Crippen LogP contribution in [-0.4, -0.2) is 40.2 Å². The van der Waals surface area contributed by atoms with Crippen LogP contribution in [0, 0.1) is 0 Å². The Morgan fingerprint density at radius 1 is 1.43 bits per heavy atom. The van der Waals surface area contributed by atoms with Gasteiger partial charge in [0.05, 0.1) is 24.9 Å². The van der Waals surface area contributed by atoms with Gasteiger partial charge in [0, 0.05) is 13.2 Å². The maximum Gasteiger partial charge on any atom is 0.186 e. The Morgan fingerprint density at radius 3 is 2.93 bits per heavy atom. The molecular formula is C7H12ClN3O2S. The van der Waals surface area contributed by atoms with Crippen molar-refractivity contribution in [3.05, 3.63) is 5.15 Å². The van der Waals surface area contributed by atoms with E-state index in [0.29, 0.717) is 24.2 Å². The number of aromatic nitrogens is 2. The van der Waals surface area contributed by atoms with Gasteiger partial charge in [-0.05, 0) is 6.42 Å². The van der Waals surface area contributed by atoms with E-state index in [4.69, 9.17) is 21.4 Å². The second-order valence-corrected chi connectivity index (χ2v) is 3.41. The third-order valence-corrected chi connectivity index (χ3v) is 2.33. The Morgan fingerprint density at radius 2 is 2.29 bits per heavy atom. The van der Waals surface area contributed by atoms with Gasteiger partial charge in [-0.25, -0.2) is 0 Å². The van der Waals surface area contributed by atoms with Crippen molar-refractivity contribution in [2.24, 2.45) is 0 Å². The number of halogens is 1. The monoisotopic (exact) mass is 237 g/mol. The lowest BCUT2D eigenvalue weighted by molar-refractivity contribution is 0.0922. The number of ether oxygens (including phenoxy) is 1. The van der Waals surface area contributed by atoms with Crippen LogP contribution in [0.1, 0.15) is 6.42 Å². The lowest BCUT2D eigenvalue weighted by Gasteiger charge is -2.03. The molecule has 5 nitrogen and oxygen atoms in total. The number of aliphatic hydroxyl groups excluding tert-OH is 1. The zero-order chi connectivity index (χ0) is 10.2. The lowest BCUT2D eigenvalue weighted by atomic mass is 10.4. The molecule has 0 unspecified atom stereocenters. The van der Waals surface area contributed by atoms with E-state index in [1.165, 1.54) is 0 Å². The molecule has 0 radical (unpaired) electrons. The van der Waals surface area contributed by atoms with Crippen molar-refractivity contribution in [2.45, 2.75) is 6.42 Å². The van der Waals surface area contributed by atoms with E-state index in [-0.39, 0.29) is 6.61 Å². The van der Waals surface area contributed by atoms with Crippen LogP contribution in [-0.2, 0) is 4.74 Å². The number of aliphatic hydroxyl groups is 1. The molecule has 0 aliphatic heterocycles. The summed E-state index contributed by atoms with van der Waals surface area (Å²) in [7, 11) is 0. The maximum absolute atomic E-state index is 8.43. The normalized spacial score (nSPS) is 10.4. The van der Waals surface area contributed by atoms with Crippen LogP contribution in [0.5, 0.6) is 0 Å². The summed E-state index contributed by atoms with van der Waals surface area (Å²) >= 11 is 6.79. The molecule has 0 aromatic carbocycles. The minimum Gasteiger partial charge on any atom is -0.394 e. The summed E-state index contributed by atoms with van der Waals surface area (Å²) < 4.78 is 12.8. The quantitative estimate of drug-likeness (QED) is 0.693. The van der Waals surface area contributed by atoms with E-state index in [1.54, 1.807) is 0 Å². The molecule has 7 heteroatoms. The first-order valence-corrected chi connectivity index (χ1v) is 5.36. The second kappa shape index (κ2) is 6.94. The van der Waals surface area contributed by atoms with Crippen LogP contribution in [0.4, 0.5) is 5.82 Å². The largest absolute Gasteiger partial charge is 0.394 e. The van der Waals surface area contributed by atoms with E-state index in [2.05, 4.69) is 14.1 Å². The van der Waals surface area contributed by atoms with E-state index in [1.807, 2.05) is 0 Å². The van der Waals surface area contributed by atoms with Crippen molar-refractivity contribution in [3.8, 4) is 0 Å². The third kappa shape index (κ3) is 4.19. The smallest absolute Gasteiger partial charge is 0.186 e. The summed E-state index contributed by atoms with van der Waals surface area (Å²) in [5.41, 5.74) is 0. The molecule has 1 rings (SSSR count). The molecule has 14 heavy (non-hydrogen) atoms. The molecule has 0 amide bonds. The molecule has 0 saturated heterocycles. The lowest BCUT2D eigenvalue weighted by Crippen LogP contribution is -2.07. The maximum atomic E-state index is 8.43. The molecule has 1 aromatic heterocycles. The third-order valence-electron chi connectivity index (χ3n) is 1.44. The number of nitrogens with one attached hydrogen (secondary N) is 1. The van der Waals surface area contributed by atoms with Gasteiger partial charge in [-0.2, -0.15) is 8.75 Å². The fourth-order valence-corrected chi connectivity index (χ4v) is 1.51. The van der Waals surface area contributed by atoms with Crippen LogP contribution in [0.2, 0.25) is 5.15 Å². The molecule has 80 valence electrons. The van der Waals surface area contributed by atoms with Crippen LogP contribution in [0.15, 0.2) is 0 Å². The van der Waals surface area contributed by atoms with Gasteiger partial charge in [-0.15, -0.1) is 0 Å². The van der Waals surface area contributed by atoms with Crippen molar-refractivity contribution < 1.29 is 9.84 Å². The molecule has 0 saturated carbocycles. The van der Waals surface area contributed by atoms with Crippen LogP contribution >= 0.6 is 23.3 Å². The Labute approximate surface area is 91.4 Å². The zero-order valence-corrected chi connectivity index (χ0v) is 9.14. The number of hydrogen-bond donors (Lipinski definition) is 2. The van der Waals surface area contributed by atoms with Crippen molar-refractivity contribution >= 4 is 29.1 Å². The first kappa shape index (κ1) is 11.6. The SMILES string of the molecule is OCCOCCCNc1nsnc1Cl. The topological polar surface area (TPSA) is 67.3 Å². The number of hydrogen-bond acceptors (Lipinski definition) is 6. The minimum absolute atomic E-state index is 0.0647. The van der Waals surface area contributed by atoms with Gasteiger partial charge in [0.1, 0.15) is 0 Å². The van der Waals surface area contributed by atoms with Gasteiger partial charge in [0.25, 0.3) is 0 Å². The summed E-state index contributed by atoms with van der Waals surface area (Å²) in [4.78, 5) is 0. The summed E-state index contributed by atoms with van der Waals surface area (Å²) in [5.74, 6) is 0.624. The average molecular weight is 238 g/mol. The highest BCUT2D eigenvalue weighted by molar-refractivity contribution is 6.99. The molecular weight excluding hydrogens is 226 g/mol. The summed E-state index contributed by atoms with van der Waals surface area (Å²) in [6.07, 6.45) is 0.841. The fourth-order valence-electron chi connectivity index (χ4n) is 0.831. The van der Waals surface area contributed by atoms with E-state index in [0.717, 1.165) is 24.7 Å². The zero-order valence-electron chi connectivity index (χ0n) is 7.57. The molecule has 0 aliphatic carbocycles. The van der Waals surface area contributed by atoms with Gasteiger partial charge in [-0.3, -0.25) is 0 Å². The summed E-state index contributed by atoms with van der Waals surface area (Å²) in [6.45, 7) is 1.80. The first-order valence-electron chi connectivity index (χ1n) is 4.25. The van der Waals surface area contributed by atoms with E-state index in [9.17, 15) is 0 Å². The molecule has 0 atom stereocenters. The van der Waals surface area contributed by atoms with Gasteiger partial charge in [0.15, 0.2) is 11.0 Å². The highest BCUT2D eigenvalue weighted by atomic mass is 35.5. The van der Waals surface area contributed by atoms with Crippen molar-refractivity contribution in [2.75, 3.05) is 31.7 Å². The number of rotatable bonds is 7. The molecule has 2 N–H and O–H groups in total.